The van der Waals surface area contributed by atoms with Crippen LogP contribution in [0, 0.1) is 0 Å². The lowest BCUT2D eigenvalue weighted by Gasteiger charge is -2.11. The van der Waals surface area contributed by atoms with Gasteiger partial charge in [-0.2, -0.15) is 0 Å². The first-order valence-electron chi connectivity index (χ1n) is 5.18. The van der Waals surface area contributed by atoms with Gasteiger partial charge >= 0.3 is 0 Å². The van der Waals surface area contributed by atoms with E-state index in [1.165, 1.54) is 0 Å². The molecule has 2 aliphatic rings. The SMILES string of the molecule is Oc1cc2c(cc1C1CCNC1)OCO2. The Bertz CT molecular complexity index is 386. The molecule has 4 heteroatoms. The van der Waals surface area contributed by atoms with Gasteiger partial charge in [-0.3, -0.25) is 0 Å². The zero-order valence-corrected chi connectivity index (χ0v) is 8.32. The van der Waals surface area contributed by atoms with Crippen LogP contribution in [0.25, 0.3) is 0 Å². The smallest absolute Gasteiger partial charge is 0.231 e. The first kappa shape index (κ1) is 8.85. The average molecular weight is 207 g/mol. The summed E-state index contributed by atoms with van der Waals surface area (Å²) in [4.78, 5) is 0. The first-order chi connectivity index (χ1) is 7.34. The summed E-state index contributed by atoms with van der Waals surface area (Å²) in [7, 11) is 0. The summed E-state index contributed by atoms with van der Waals surface area (Å²) in [5.41, 5.74) is 0.962. The number of fused-ring (bicyclic) bond motifs is 1. The number of rotatable bonds is 1. The van der Waals surface area contributed by atoms with Gasteiger partial charge in [-0.25, -0.2) is 0 Å². The molecule has 0 aromatic heterocycles. The lowest BCUT2D eigenvalue weighted by atomic mass is 9.97. The zero-order chi connectivity index (χ0) is 10.3. The summed E-state index contributed by atoms with van der Waals surface area (Å²) in [6.07, 6.45) is 1.06. The monoisotopic (exact) mass is 207 g/mol. The molecule has 1 atom stereocenters. The molecule has 2 heterocycles. The van der Waals surface area contributed by atoms with E-state index in [0.717, 1.165) is 30.8 Å². The second-order valence-corrected chi connectivity index (χ2v) is 3.95. The van der Waals surface area contributed by atoms with Gasteiger partial charge in [-0.15, -0.1) is 0 Å². The molecule has 0 amide bonds. The van der Waals surface area contributed by atoms with Crippen LogP contribution in [0.4, 0.5) is 0 Å². The molecule has 2 N–H and O–H groups in total. The predicted octanol–water partition coefficient (Wildman–Crippen LogP) is 1.20. The summed E-state index contributed by atoms with van der Waals surface area (Å²) >= 11 is 0. The highest BCUT2D eigenvalue weighted by Gasteiger charge is 2.24. The van der Waals surface area contributed by atoms with Gasteiger partial charge in [-0.05, 0) is 19.0 Å². The van der Waals surface area contributed by atoms with Crippen molar-refractivity contribution >= 4 is 0 Å². The van der Waals surface area contributed by atoms with Crippen LogP contribution in [-0.2, 0) is 0 Å². The van der Waals surface area contributed by atoms with E-state index in [-0.39, 0.29) is 6.79 Å². The minimum atomic E-state index is 0.251. The molecule has 80 valence electrons. The Morgan fingerprint density at radius 2 is 2.07 bits per heavy atom. The molecule has 15 heavy (non-hydrogen) atoms. The molecule has 0 aliphatic carbocycles. The van der Waals surface area contributed by atoms with Crippen molar-refractivity contribution in [1.82, 2.24) is 5.32 Å². The Balaban J connectivity index is 2.00. The Kier molecular flexibility index (Phi) is 1.95. The van der Waals surface area contributed by atoms with Crippen molar-refractivity contribution in [3.8, 4) is 17.2 Å². The maximum Gasteiger partial charge on any atom is 0.231 e. The van der Waals surface area contributed by atoms with Crippen molar-refractivity contribution in [2.75, 3.05) is 19.9 Å². The largest absolute Gasteiger partial charge is 0.508 e. The highest BCUT2D eigenvalue weighted by Crippen LogP contribution is 2.41. The minimum Gasteiger partial charge on any atom is -0.508 e. The Hall–Kier alpha value is -1.42. The van der Waals surface area contributed by atoms with E-state index in [9.17, 15) is 5.11 Å². The molecule has 3 rings (SSSR count). The second-order valence-electron chi connectivity index (χ2n) is 3.95. The summed E-state index contributed by atoms with van der Waals surface area (Å²) < 4.78 is 10.5. The normalized spacial score (nSPS) is 23.3. The van der Waals surface area contributed by atoms with Gasteiger partial charge in [0.25, 0.3) is 0 Å². The summed E-state index contributed by atoms with van der Waals surface area (Å²) in [5.74, 6) is 2.09. The second kappa shape index (κ2) is 3.31. The molecule has 0 saturated carbocycles. The van der Waals surface area contributed by atoms with E-state index in [2.05, 4.69) is 5.32 Å². The quantitative estimate of drug-likeness (QED) is 0.726. The number of phenols is 1. The molecule has 0 bridgehead atoms. The van der Waals surface area contributed by atoms with Crippen LogP contribution < -0.4 is 14.8 Å². The summed E-state index contributed by atoms with van der Waals surface area (Å²) in [6, 6.07) is 3.55. The van der Waals surface area contributed by atoms with Gasteiger partial charge in [0.2, 0.25) is 6.79 Å². The molecule has 0 spiro atoms. The van der Waals surface area contributed by atoms with Crippen LogP contribution in [0.5, 0.6) is 17.2 Å². The third kappa shape index (κ3) is 1.41. The number of nitrogens with one attached hydrogen (secondary N) is 1. The first-order valence-corrected chi connectivity index (χ1v) is 5.18. The zero-order valence-electron chi connectivity index (χ0n) is 8.32. The lowest BCUT2D eigenvalue weighted by Crippen LogP contribution is -2.08. The Labute approximate surface area is 87.8 Å². The maximum atomic E-state index is 9.87. The van der Waals surface area contributed by atoms with E-state index in [4.69, 9.17) is 9.47 Å². The van der Waals surface area contributed by atoms with Gasteiger partial charge < -0.3 is 19.9 Å². The molecule has 4 nitrogen and oxygen atoms in total. The van der Waals surface area contributed by atoms with Gasteiger partial charge in [0.15, 0.2) is 11.5 Å². The van der Waals surface area contributed by atoms with Crippen LogP contribution in [0.15, 0.2) is 12.1 Å². The maximum absolute atomic E-state index is 9.87. The van der Waals surface area contributed by atoms with Gasteiger partial charge in [0.1, 0.15) is 5.75 Å². The van der Waals surface area contributed by atoms with E-state index in [0.29, 0.717) is 17.4 Å². The summed E-state index contributed by atoms with van der Waals surface area (Å²) in [5, 5.41) is 13.2. The fraction of sp³-hybridized carbons (Fsp3) is 0.455. The molecular formula is C11H13NO3. The Morgan fingerprint density at radius 1 is 1.27 bits per heavy atom. The van der Waals surface area contributed by atoms with E-state index >= 15 is 0 Å². The molecular weight excluding hydrogens is 194 g/mol. The van der Waals surface area contributed by atoms with E-state index in [1.54, 1.807) is 6.07 Å². The Morgan fingerprint density at radius 3 is 2.80 bits per heavy atom. The molecule has 0 radical (unpaired) electrons. The number of benzene rings is 1. The number of hydrogen-bond donors (Lipinski definition) is 2. The van der Waals surface area contributed by atoms with Crippen LogP contribution in [0.2, 0.25) is 0 Å². The third-order valence-electron chi connectivity index (χ3n) is 3.02. The van der Waals surface area contributed by atoms with E-state index < -0.39 is 0 Å². The van der Waals surface area contributed by atoms with Crippen LogP contribution in [-0.4, -0.2) is 25.0 Å². The fourth-order valence-corrected chi connectivity index (χ4v) is 2.19. The van der Waals surface area contributed by atoms with Gasteiger partial charge in [0.05, 0.1) is 0 Å². The number of ether oxygens (including phenoxy) is 2. The van der Waals surface area contributed by atoms with Crippen molar-refractivity contribution in [3.63, 3.8) is 0 Å². The van der Waals surface area contributed by atoms with Crippen molar-refractivity contribution in [2.24, 2.45) is 0 Å². The molecule has 1 aromatic carbocycles. The highest BCUT2D eigenvalue weighted by molar-refractivity contribution is 5.52. The van der Waals surface area contributed by atoms with Crippen LogP contribution in [0.3, 0.4) is 0 Å². The minimum absolute atomic E-state index is 0.251. The van der Waals surface area contributed by atoms with Crippen LogP contribution >= 0.6 is 0 Å². The molecule has 2 aliphatic heterocycles. The highest BCUT2D eigenvalue weighted by atomic mass is 16.7. The van der Waals surface area contributed by atoms with Crippen molar-refractivity contribution < 1.29 is 14.6 Å². The van der Waals surface area contributed by atoms with Gasteiger partial charge in [0, 0.05) is 24.1 Å². The molecule has 1 aromatic rings. The van der Waals surface area contributed by atoms with Crippen molar-refractivity contribution in [2.45, 2.75) is 12.3 Å². The third-order valence-corrected chi connectivity index (χ3v) is 3.02. The number of phenolic OH excluding ortho intramolecular Hbond substituents is 1. The fourth-order valence-electron chi connectivity index (χ4n) is 2.19. The van der Waals surface area contributed by atoms with E-state index in [1.807, 2.05) is 6.07 Å². The molecule has 1 fully saturated rings. The van der Waals surface area contributed by atoms with Crippen LogP contribution in [0.1, 0.15) is 17.9 Å². The topological polar surface area (TPSA) is 50.7 Å². The van der Waals surface area contributed by atoms with Crippen molar-refractivity contribution in [3.05, 3.63) is 17.7 Å². The number of aromatic hydroxyl groups is 1. The predicted molar refractivity (Wildman–Crippen MR) is 54.5 cm³/mol. The molecule has 1 unspecified atom stereocenters. The van der Waals surface area contributed by atoms with Crippen molar-refractivity contribution in [1.29, 1.82) is 0 Å². The average Bonchev–Trinajstić information content (AvgIpc) is 2.85. The molecule has 1 saturated heterocycles. The van der Waals surface area contributed by atoms with Gasteiger partial charge in [-0.1, -0.05) is 0 Å². The lowest BCUT2D eigenvalue weighted by molar-refractivity contribution is 0.174. The standard InChI is InChI=1S/C11H13NO3/c13-9-4-11-10(14-6-15-11)3-8(9)7-1-2-12-5-7/h3-4,7,12-13H,1-2,5-6H2. The number of hydrogen-bond acceptors (Lipinski definition) is 4. The summed E-state index contributed by atoms with van der Waals surface area (Å²) in [6.45, 7) is 2.19.